The Morgan fingerprint density at radius 3 is 2.85 bits per heavy atom. The Morgan fingerprint density at radius 2 is 2.08 bits per heavy atom. The number of carbonyl (C=O) groups excluding carboxylic acids is 1. The minimum absolute atomic E-state index is 0.00629. The molecule has 1 amide bonds. The minimum atomic E-state index is -0.460. The SMILES string of the molecule is Cc1ccccc1CN1C(=O)CS/C1=N/N=C\c1cccc([N+](=O)[O-])c1. The first kappa shape index (κ1) is 17.8. The largest absolute Gasteiger partial charge is 0.285 e. The number of amidine groups is 1. The number of hydrogen-bond acceptors (Lipinski definition) is 6. The third-order valence-electron chi connectivity index (χ3n) is 3.88. The molecule has 1 aliphatic heterocycles. The van der Waals surface area contributed by atoms with Crippen molar-refractivity contribution in [1.29, 1.82) is 0 Å². The first-order valence-electron chi connectivity index (χ1n) is 7.88. The summed E-state index contributed by atoms with van der Waals surface area (Å²) in [7, 11) is 0. The molecule has 3 rings (SSSR count). The van der Waals surface area contributed by atoms with Crippen LogP contribution >= 0.6 is 11.8 Å². The molecule has 2 aromatic rings. The molecule has 132 valence electrons. The zero-order valence-electron chi connectivity index (χ0n) is 14.0. The van der Waals surface area contributed by atoms with Gasteiger partial charge in [0.05, 0.1) is 23.4 Å². The molecule has 1 saturated heterocycles. The van der Waals surface area contributed by atoms with Crippen molar-refractivity contribution in [3.05, 3.63) is 75.3 Å². The quantitative estimate of drug-likeness (QED) is 0.460. The Hall–Kier alpha value is -3.00. The van der Waals surface area contributed by atoms with Crippen LogP contribution in [0.5, 0.6) is 0 Å². The van der Waals surface area contributed by atoms with Crippen LogP contribution in [0, 0.1) is 17.0 Å². The summed E-state index contributed by atoms with van der Waals surface area (Å²) in [4.78, 5) is 24.1. The van der Waals surface area contributed by atoms with Gasteiger partial charge < -0.3 is 0 Å². The lowest BCUT2D eigenvalue weighted by atomic mass is 10.1. The van der Waals surface area contributed by atoms with E-state index in [0.29, 0.717) is 23.0 Å². The van der Waals surface area contributed by atoms with Crippen molar-refractivity contribution < 1.29 is 9.72 Å². The van der Waals surface area contributed by atoms with Crippen LogP contribution in [0.15, 0.2) is 58.7 Å². The average molecular weight is 368 g/mol. The van der Waals surface area contributed by atoms with Crippen LogP contribution in [0.25, 0.3) is 0 Å². The third-order valence-corrected chi connectivity index (χ3v) is 4.83. The molecule has 2 aromatic carbocycles. The Bertz CT molecular complexity index is 911. The van der Waals surface area contributed by atoms with Crippen molar-refractivity contribution in [3.8, 4) is 0 Å². The van der Waals surface area contributed by atoms with Gasteiger partial charge in [-0.25, -0.2) is 0 Å². The van der Waals surface area contributed by atoms with Gasteiger partial charge in [-0.15, -0.1) is 5.10 Å². The highest BCUT2D eigenvalue weighted by molar-refractivity contribution is 8.15. The molecule has 0 aromatic heterocycles. The number of carbonyl (C=O) groups is 1. The second-order valence-corrected chi connectivity index (χ2v) is 6.62. The second-order valence-electron chi connectivity index (χ2n) is 5.67. The van der Waals surface area contributed by atoms with Crippen molar-refractivity contribution in [2.75, 3.05) is 5.75 Å². The van der Waals surface area contributed by atoms with E-state index < -0.39 is 4.92 Å². The average Bonchev–Trinajstić information content (AvgIpc) is 2.97. The molecule has 8 heteroatoms. The summed E-state index contributed by atoms with van der Waals surface area (Å²) in [5.41, 5.74) is 2.73. The number of hydrogen-bond donors (Lipinski definition) is 0. The molecule has 0 atom stereocenters. The van der Waals surface area contributed by atoms with E-state index in [1.165, 1.54) is 30.1 Å². The Balaban J connectivity index is 1.76. The number of thioether (sulfide) groups is 1. The number of nitro benzene ring substituents is 1. The highest BCUT2D eigenvalue weighted by Crippen LogP contribution is 2.23. The third kappa shape index (κ3) is 4.15. The predicted octanol–water partition coefficient (Wildman–Crippen LogP) is 3.37. The minimum Gasteiger partial charge on any atom is -0.285 e. The van der Waals surface area contributed by atoms with E-state index in [2.05, 4.69) is 10.2 Å². The van der Waals surface area contributed by atoms with Crippen LogP contribution in [0.3, 0.4) is 0 Å². The lowest BCUT2D eigenvalue weighted by molar-refractivity contribution is -0.384. The zero-order valence-corrected chi connectivity index (χ0v) is 14.8. The monoisotopic (exact) mass is 368 g/mol. The Labute approximate surface area is 154 Å². The summed E-state index contributed by atoms with van der Waals surface area (Å²) in [6.07, 6.45) is 1.44. The maximum atomic E-state index is 12.2. The van der Waals surface area contributed by atoms with E-state index in [-0.39, 0.29) is 11.6 Å². The summed E-state index contributed by atoms with van der Waals surface area (Å²) < 4.78 is 0. The van der Waals surface area contributed by atoms with Crippen molar-refractivity contribution in [3.63, 3.8) is 0 Å². The maximum Gasteiger partial charge on any atom is 0.270 e. The summed E-state index contributed by atoms with van der Waals surface area (Å²) in [6.45, 7) is 2.45. The van der Waals surface area contributed by atoms with E-state index in [1.807, 2.05) is 31.2 Å². The van der Waals surface area contributed by atoms with E-state index in [0.717, 1.165) is 11.1 Å². The molecule has 7 nitrogen and oxygen atoms in total. The van der Waals surface area contributed by atoms with E-state index in [4.69, 9.17) is 0 Å². The van der Waals surface area contributed by atoms with Gasteiger partial charge >= 0.3 is 0 Å². The fourth-order valence-corrected chi connectivity index (χ4v) is 3.28. The molecule has 26 heavy (non-hydrogen) atoms. The van der Waals surface area contributed by atoms with Gasteiger partial charge in [-0.2, -0.15) is 5.10 Å². The molecule has 0 bridgehead atoms. The lowest BCUT2D eigenvalue weighted by Crippen LogP contribution is -2.29. The summed E-state index contributed by atoms with van der Waals surface area (Å²) in [6, 6.07) is 14.0. The first-order chi connectivity index (χ1) is 12.5. The molecule has 0 unspecified atom stereocenters. The molecule has 1 fully saturated rings. The predicted molar refractivity (Wildman–Crippen MR) is 102 cm³/mol. The van der Waals surface area contributed by atoms with E-state index in [9.17, 15) is 14.9 Å². The molecule has 1 aliphatic rings. The van der Waals surface area contributed by atoms with Crippen molar-refractivity contribution in [1.82, 2.24) is 4.90 Å². The van der Waals surface area contributed by atoms with E-state index >= 15 is 0 Å². The standard InChI is InChI=1S/C18H16N4O3S/c1-13-5-2-3-7-15(13)11-21-17(23)12-26-18(21)20-19-10-14-6-4-8-16(9-14)22(24)25/h2-10H,11-12H2,1H3/b19-10-,20-18+. The van der Waals surface area contributed by atoms with Crippen LogP contribution in [-0.2, 0) is 11.3 Å². The van der Waals surface area contributed by atoms with E-state index in [1.54, 1.807) is 17.0 Å². The fourth-order valence-electron chi connectivity index (χ4n) is 2.45. The molecule has 0 radical (unpaired) electrons. The normalized spacial score (nSPS) is 16.0. The molecule has 0 N–H and O–H groups in total. The van der Waals surface area contributed by atoms with Gasteiger partial charge in [0.2, 0.25) is 5.91 Å². The van der Waals surface area contributed by atoms with Crippen molar-refractivity contribution in [2.45, 2.75) is 13.5 Å². The number of nitro groups is 1. The molecule has 0 spiro atoms. The summed E-state index contributed by atoms with van der Waals surface area (Å²) in [5.74, 6) is 0.319. The number of benzene rings is 2. The zero-order chi connectivity index (χ0) is 18.5. The molecular weight excluding hydrogens is 352 g/mol. The Morgan fingerprint density at radius 1 is 1.27 bits per heavy atom. The number of non-ortho nitro benzene ring substituents is 1. The van der Waals surface area contributed by atoms with Gasteiger partial charge in [-0.3, -0.25) is 19.8 Å². The van der Waals surface area contributed by atoms with Gasteiger partial charge in [-0.05, 0) is 18.1 Å². The fraction of sp³-hybridized carbons (Fsp3) is 0.167. The van der Waals surface area contributed by atoms with Gasteiger partial charge in [0.1, 0.15) is 0 Å². The van der Waals surface area contributed by atoms with Gasteiger partial charge in [0.25, 0.3) is 5.69 Å². The van der Waals surface area contributed by atoms with Gasteiger partial charge in [0, 0.05) is 17.7 Å². The van der Waals surface area contributed by atoms with Crippen LogP contribution in [0.4, 0.5) is 5.69 Å². The maximum absolute atomic E-state index is 12.2. The number of nitrogens with zero attached hydrogens (tertiary/aromatic N) is 4. The lowest BCUT2D eigenvalue weighted by Gasteiger charge is -2.16. The van der Waals surface area contributed by atoms with Crippen molar-refractivity contribution >= 4 is 34.7 Å². The number of aryl methyl sites for hydroxylation is 1. The highest BCUT2D eigenvalue weighted by Gasteiger charge is 2.28. The number of rotatable bonds is 5. The summed E-state index contributed by atoms with van der Waals surface area (Å²) in [5, 5.41) is 19.5. The van der Waals surface area contributed by atoms with Crippen LogP contribution in [0.2, 0.25) is 0 Å². The first-order valence-corrected chi connectivity index (χ1v) is 8.86. The van der Waals surface area contributed by atoms with Crippen molar-refractivity contribution in [2.24, 2.45) is 10.2 Å². The molecule has 0 saturated carbocycles. The topological polar surface area (TPSA) is 88.2 Å². The Kier molecular flexibility index (Phi) is 5.43. The van der Waals surface area contributed by atoms with Gasteiger partial charge in [0.15, 0.2) is 5.17 Å². The highest BCUT2D eigenvalue weighted by atomic mass is 32.2. The van der Waals surface area contributed by atoms with Crippen LogP contribution in [0.1, 0.15) is 16.7 Å². The summed E-state index contributed by atoms with van der Waals surface area (Å²) >= 11 is 1.33. The number of amides is 1. The van der Waals surface area contributed by atoms with Gasteiger partial charge in [-0.1, -0.05) is 48.2 Å². The molecule has 1 heterocycles. The smallest absolute Gasteiger partial charge is 0.270 e. The van der Waals surface area contributed by atoms with Crippen LogP contribution < -0.4 is 0 Å². The van der Waals surface area contributed by atoms with Crippen LogP contribution in [-0.4, -0.2) is 32.9 Å². The molecule has 0 aliphatic carbocycles. The molecular formula is C18H16N4O3S. The second kappa shape index (κ2) is 7.92.